The number of rotatable bonds is 2. The maximum Gasteiger partial charge on any atom is 0.134 e. The molecule has 104 valence electrons. The molecule has 2 aliphatic heterocycles. The van der Waals surface area contributed by atoms with Gasteiger partial charge in [0.2, 0.25) is 0 Å². The van der Waals surface area contributed by atoms with Gasteiger partial charge in [0.15, 0.2) is 0 Å². The second kappa shape index (κ2) is 5.30. The Hall–Kier alpha value is -1.40. The van der Waals surface area contributed by atoms with E-state index >= 15 is 0 Å². The third-order valence-corrected chi connectivity index (χ3v) is 3.89. The van der Waals surface area contributed by atoms with Gasteiger partial charge >= 0.3 is 0 Å². The first-order valence-corrected chi connectivity index (χ1v) is 6.90. The van der Waals surface area contributed by atoms with Crippen LogP contribution in [0.25, 0.3) is 0 Å². The Morgan fingerprint density at radius 2 is 2.05 bits per heavy atom. The van der Waals surface area contributed by atoms with E-state index in [4.69, 9.17) is 10.5 Å². The maximum absolute atomic E-state index is 5.80. The maximum atomic E-state index is 5.80. The molecule has 3 rings (SSSR count). The molecule has 19 heavy (non-hydrogen) atoms. The van der Waals surface area contributed by atoms with Crippen molar-refractivity contribution in [1.82, 2.24) is 14.9 Å². The van der Waals surface area contributed by atoms with Gasteiger partial charge in [0, 0.05) is 38.3 Å². The SMILES string of the molecule is Cc1nc(N)cc(N2CCC(N3CCOCC3)C2)n1. The first-order chi connectivity index (χ1) is 9.22. The van der Waals surface area contributed by atoms with Crippen LogP contribution in [0.3, 0.4) is 0 Å². The first-order valence-electron chi connectivity index (χ1n) is 6.90. The standard InChI is InChI=1S/C13H21N5O/c1-10-15-12(14)8-13(16-10)18-3-2-11(9-18)17-4-6-19-7-5-17/h8,11H,2-7,9H2,1H3,(H2,14,15,16). The van der Waals surface area contributed by atoms with Gasteiger partial charge in [-0.3, -0.25) is 4.90 Å². The van der Waals surface area contributed by atoms with Crippen LogP contribution in [-0.4, -0.2) is 60.3 Å². The summed E-state index contributed by atoms with van der Waals surface area (Å²) in [5.74, 6) is 2.25. The second-order valence-electron chi connectivity index (χ2n) is 5.24. The highest BCUT2D eigenvalue weighted by Crippen LogP contribution is 2.23. The van der Waals surface area contributed by atoms with E-state index in [0.29, 0.717) is 11.9 Å². The molecule has 3 heterocycles. The Morgan fingerprint density at radius 3 is 2.79 bits per heavy atom. The van der Waals surface area contributed by atoms with Crippen molar-refractivity contribution in [3.05, 3.63) is 11.9 Å². The van der Waals surface area contributed by atoms with Crippen LogP contribution in [0.15, 0.2) is 6.07 Å². The number of hydrogen-bond donors (Lipinski definition) is 1. The number of aryl methyl sites for hydroxylation is 1. The van der Waals surface area contributed by atoms with Crippen molar-refractivity contribution in [2.75, 3.05) is 50.0 Å². The average molecular weight is 263 g/mol. The fraction of sp³-hybridized carbons (Fsp3) is 0.692. The third kappa shape index (κ3) is 2.79. The van der Waals surface area contributed by atoms with Crippen molar-refractivity contribution in [3.8, 4) is 0 Å². The normalized spacial score (nSPS) is 24.9. The Kier molecular flexibility index (Phi) is 3.52. The van der Waals surface area contributed by atoms with E-state index in [1.54, 1.807) is 0 Å². The Bertz CT molecular complexity index is 426. The van der Waals surface area contributed by atoms with Gasteiger partial charge in [-0.15, -0.1) is 0 Å². The van der Waals surface area contributed by atoms with Gasteiger partial charge in [0.05, 0.1) is 13.2 Å². The summed E-state index contributed by atoms with van der Waals surface area (Å²) in [4.78, 5) is 13.5. The summed E-state index contributed by atoms with van der Waals surface area (Å²) in [6.45, 7) is 7.75. The lowest BCUT2D eigenvalue weighted by molar-refractivity contribution is 0.0209. The number of ether oxygens (including phenoxy) is 1. The summed E-state index contributed by atoms with van der Waals surface area (Å²) in [6.07, 6.45) is 1.18. The minimum Gasteiger partial charge on any atom is -0.384 e. The zero-order valence-electron chi connectivity index (χ0n) is 11.4. The summed E-state index contributed by atoms with van der Waals surface area (Å²) in [7, 11) is 0. The van der Waals surface area contributed by atoms with Gasteiger partial charge in [-0.25, -0.2) is 9.97 Å². The molecule has 6 heteroatoms. The molecule has 1 atom stereocenters. The highest BCUT2D eigenvalue weighted by atomic mass is 16.5. The predicted molar refractivity (Wildman–Crippen MR) is 74.2 cm³/mol. The van der Waals surface area contributed by atoms with Gasteiger partial charge in [-0.1, -0.05) is 0 Å². The Morgan fingerprint density at radius 1 is 1.26 bits per heavy atom. The molecular formula is C13H21N5O. The topological polar surface area (TPSA) is 67.5 Å². The van der Waals surface area contributed by atoms with E-state index in [-0.39, 0.29) is 0 Å². The average Bonchev–Trinajstić information content (AvgIpc) is 2.88. The molecule has 2 aliphatic rings. The van der Waals surface area contributed by atoms with Crippen molar-refractivity contribution in [2.24, 2.45) is 0 Å². The summed E-state index contributed by atoms with van der Waals surface area (Å²) in [6, 6.07) is 2.48. The molecular weight excluding hydrogens is 242 g/mol. The van der Waals surface area contributed by atoms with Gasteiger partial charge in [0.25, 0.3) is 0 Å². The van der Waals surface area contributed by atoms with Crippen molar-refractivity contribution >= 4 is 11.6 Å². The van der Waals surface area contributed by atoms with Gasteiger partial charge in [0.1, 0.15) is 17.5 Å². The fourth-order valence-corrected chi connectivity index (χ4v) is 2.93. The van der Waals surface area contributed by atoms with Crippen molar-refractivity contribution in [3.63, 3.8) is 0 Å². The number of aromatic nitrogens is 2. The van der Waals surface area contributed by atoms with Crippen molar-refractivity contribution in [2.45, 2.75) is 19.4 Å². The van der Waals surface area contributed by atoms with E-state index in [1.165, 1.54) is 6.42 Å². The molecule has 0 spiro atoms. The van der Waals surface area contributed by atoms with Crippen LogP contribution >= 0.6 is 0 Å². The number of nitrogen functional groups attached to an aromatic ring is 1. The lowest BCUT2D eigenvalue weighted by atomic mass is 10.2. The molecule has 0 radical (unpaired) electrons. The summed E-state index contributed by atoms with van der Waals surface area (Å²) < 4.78 is 5.41. The molecule has 0 aliphatic carbocycles. The van der Waals surface area contributed by atoms with Gasteiger partial charge < -0.3 is 15.4 Å². The number of morpholine rings is 1. The summed E-state index contributed by atoms with van der Waals surface area (Å²) in [5.41, 5.74) is 5.80. The molecule has 1 aromatic heterocycles. The molecule has 6 nitrogen and oxygen atoms in total. The first kappa shape index (κ1) is 12.6. The van der Waals surface area contributed by atoms with E-state index < -0.39 is 0 Å². The smallest absolute Gasteiger partial charge is 0.134 e. The molecule has 0 aromatic carbocycles. The van der Waals surface area contributed by atoms with Crippen molar-refractivity contribution in [1.29, 1.82) is 0 Å². The minimum absolute atomic E-state index is 0.553. The minimum atomic E-state index is 0.553. The highest BCUT2D eigenvalue weighted by molar-refractivity contribution is 5.47. The molecule has 0 saturated carbocycles. The van der Waals surface area contributed by atoms with Crippen LogP contribution in [0.5, 0.6) is 0 Å². The molecule has 2 saturated heterocycles. The molecule has 2 fully saturated rings. The predicted octanol–water partition coefficient (Wildman–Crippen LogP) is 0.278. The van der Waals surface area contributed by atoms with Crippen LogP contribution in [0.4, 0.5) is 11.6 Å². The number of nitrogens with zero attached hydrogens (tertiary/aromatic N) is 4. The largest absolute Gasteiger partial charge is 0.384 e. The van der Waals surface area contributed by atoms with Gasteiger partial charge in [-0.2, -0.15) is 0 Å². The van der Waals surface area contributed by atoms with Crippen LogP contribution in [0, 0.1) is 6.92 Å². The second-order valence-corrected chi connectivity index (χ2v) is 5.24. The fourth-order valence-electron chi connectivity index (χ4n) is 2.93. The zero-order valence-corrected chi connectivity index (χ0v) is 11.4. The number of nitrogens with two attached hydrogens (primary N) is 1. The van der Waals surface area contributed by atoms with Crippen LogP contribution in [0.2, 0.25) is 0 Å². The highest BCUT2D eigenvalue weighted by Gasteiger charge is 2.29. The molecule has 0 amide bonds. The lowest BCUT2D eigenvalue weighted by Crippen LogP contribution is -2.44. The summed E-state index contributed by atoms with van der Waals surface area (Å²) in [5, 5.41) is 0. The molecule has 0 bridgehead atoms. The Balaban J connectivity index is 1.67. The van der Waals surface area contributed by atoms with Crippen LogP contribution < -0.4 is 10.6 Å². The summed E-state index contributed by atoms with van der Waals surface area (Å²) >= 11 is 0. The Labute approximate surface area is 113 Å². The number of hydrogen-bond acceptors (Lipinski definition) is 6. The monoisotopic (exact) mass is 263 g/mol. The quantitative estimate of drug-likeness (QED) is 0.826. The lowest BCUT2D eigenvalue weighted by Gasteiger charge is -2.32. The van der Waals surface area contributed by atoms with E-state index in [2.05, 4.69) is 19.8 Å². The van der Waals surface area contributed by atoms with Crippen molar-refractivity contribution < 1.29 is 4.74 Å². The molecule has 1 aromatic rings. The van der Waals surface area contributed by atoms with E-state index in [0.717, 1.165) is 51.0 Å². The van der Waals surface area contributed by atoms with Crippen LogP contribution in [0.1, 0.15) is 12.2 Å². The third-order valence-electron chi connectivity index (χ3n) is 3.89. The van der Waals surface area contributed by atoms with E-state index in [1.807, 2.05) is 13.0 Å². The molecule has 1 unspecified atom stereocenters. The van der Waals surface area contributed by atoms with Crippen LogP contribution in [-0.2, 0) is 4.74 Å². The zero-order chi connectivity index (χ0) is 13.2. The van der Waals surface area contributed by atoms with Gasteiger partial charge in [-0.05, 0) is 13.3 Å². The molecule has 2 N–H and O–H groups in total. The van der Waals surface area contributed by atoms with E-state index in [9.17, 15) is 0 Å². The number of anilines is 2.